The van der Waals surface area contributed by atoms with Gasteiger partial charge in [0.05, 0.1) is 5.41 Å². The van der Waals surface area contributed by atoms with Gasteiger partial charge in [-0.1, -0.05) is 13.8 Å². The quantitative estimate of drug-likeness (QED) is 0.767. The van der Waals surface area contributed by atoms with Crippen LogP contribution in [0, 0.1) is 16.7 Å². The molecule has 0 spiro atoms. The van der Waals surface area contributed by atoms with E-state index in [0.29, 0.717) is 5.92 Å². The molecule has 2 nitrogen and oxygen atoms in total. The fraction of sp³-hybridized carbons (Fsp3) is 0.909. The first-order valence-corrected chi connectivity index (χ1v) is 6.47. The van der Waals surface area contributed by atoms with Crippen molar-refractivity contribution in [1.29, 1.82) is 0 Å². The summed E-state index contributed by atoms with van der Waals surface area (Å²) in [4.78, 5) is 11.4. The van der Waals surface area contributed by atoms with Crippen molar-refractivity contribution < 1.29 is 9.90 Å². The lowest BCUT2D eigenvalue weighted by molar-refractivity contribution is -0.147. The first-order valence-electron chi connectivity index (χ1n) is 5.32. The second-order valence-corrected chi connectivity index (χ2v) is 6.40. The third kappa shape index (κ3) is 1.28. The Morgan fingerprint density at radius 1 is 1.50 bits per heavy atom. The minimum Gasteiger partial charge on any atom is -0.481 e. The van der Waals surface area contributed by atoms with Gasteiger partial charge in [0.2, 0.25) is 0 Å². The number of carboxylic acids is 1. The maximum atomic E-state index is 11.4. The van der Waals surface area contributed by atoms with Crippen LogP contribution >= 0.6 is 11.8 Å². The van der Waals surface area contributed by atoms with Crippen molar-refractivity contribution in [3.63, 3.8) is 0 Å². The Morgan fingerprint density at radius 3 is 2.50 bits per heavy atom. The van der Waals surface area contributed by atoms with Gasteiger partial charge in [-0.25, -0.2) is 0 Å². The van der Waals surface area contributed by atoms with Crippen LogP contribution in [0.1, 0.15) is 33.1 Å². The number of thioether (sulfide) groups is 1. The molecule has 0 aromatic heterocycles. The Labute approximate surface area is 89.5 Å². The van der Waals surface area contributed by atoms with Gasteiger partial charge in [0.15, 0.2) is 0 Å². The van der Waals surface area contributed by atoms with Crippen molar-refractivity contribution in [2.45, 2.75) is 33.1 Å². The van der Waals surface area contributed by atoms with Gasteiger partial charge >= 0.3 is 5.97 Å². The second kappa shape index (κ2) is 3.16. The van der Waals surface area contributed by atoms with Gasteiger partial charge < -0.3 is 5.11 Å². The van der Waals surface area contributed by atoms with Crippen LogP contribution in [0.5, 0.6) is 0 Å². The van der Waals surface area contributed by atoms with Crippen molar-refractivity contribution in [2.75, 3.05) is 11.5 Å². The highest BCUT2D eigenvalue weighted by Crippen LogP contribution is 2.69. The van der Waals surface area contributed by atoms with Crippen LogP contribution in [-0.4, -0.2) is 22.6 Å². The molecule has 2 fully saturated rings. The van der Waals surface area contributed by atoms with E-state index in [0.717, 1.165) is 18.6 Å². The van der Waals surface area contributed by atoms with Gasteiger partial charge in [-0.15, -0.1) is 0 Å². The van der Waals surface area contributed by atoms with E-state index in [2.05, 4.69) is 13.8 Å². The second-order valence-electron chi connectivity index (χ2n) is 5.25. The molecule has 1 aliphatic carbocycles. The van der Waals surface area contributed by atoms with Gasteiger partial charge in [0.25, 0.3) is 0 Å². The summed E-state index contributed by atoms with van der Waals surface area (Å²) in [5.41, 5.74) is -0.359. The van der Waals surface area contributed by atoms with Crippen molar-refractivity contribution in [3.05, 3.63) is 0 Å². The van der Waals surface area contributed by atoms with E-state index < -0.39 is 5.97 Å². The Hall–Kier alpha value is -0.180. The Balaban J connectivity index is 2.17. The lowest BCUT2D eigenvalue weighted by atomic mass is 9.81. The lowest BCUT2D eigenvalue weighted by Gasteiger charge is -2.29. The van der Waals surface area contributed by atoms with Crippen LogP contribution in [0.3, 0.4) is 0 Å². The topological polar surface area (TPSA) is 37.3 Å². The number of rotatable bonds is 2. The molecule has 0 amide bonds. The van der Waals surface area contributed by atoms with Crippen LogP contribution in [0.15, 0.2) is 0 Å². The molecule has 0 aromatic carbocycles. The van der Waals surface area contributed by atoms with Gasteiger partial charge in [-0.05, 0) is 42.1 Å². The molecule has 0 radical (unpaired) electrons. The van der Waals surface area contributed by atoms with Gasteiger partial charge in [-0.3, -0.25) is 4.79 Å². The van der Waals surface area contributed by atoms with Crippen molar-refractivity contribution in [2.24, 2.45) is 16.7 Å². The third-order valence-corrected chi connectivity index (χ3v) is 5.26. The molecule has 1 N–H and O–H groups in total. The summed E-state index contributed by atoms with van der Waals surface area (Å²) in [7, 11) is 0. The SMILES string of the molecule is CC1(C)CC1(C(=O)O)C1CCCSC1. The predicted octanol–water partition coefficient (Wildman–Crippen LogP) is 2.63. The Morgan fingerprint density at radius 2 is 2.14 bits per heavy atom. The number of hydrogen-bond donors (Lipinski definition) is 1. The fourth-order valence-electron chi connectivity index (χ4n) is 3.02. The maximum absolute atomic E-state index is 11.4. The zero-order valence-corrected chi connectivity index (χ0v) is 9.69. The molecule has 2 unspecified atom stereocenters. The first-order chi connectivity index (χ1) is 6.51. The molecule has 2 atom stereocenters. The molecular weight excluding hydrogens is 196 g/mol. The van der Waals surface area contributed by atoms with Gasteiger partial charge in [0, 0.05) is 0 Å². The number of carbonyl (C=O) groups is 1. The normalized spacial score (nSPS) is 40.6. The van der Waals surface area contributed by atoms with E-state index in [9.17, 15) is 9.90 Å². The van der Waals surface area contributed by atoms with E-state index >= 15 is 0 Å². The summed E-state index contributed by atoms with van der Waals surface area (Å²) in [6, 6.07) is 0. The molecule has 1 aliphatic heterocycles. The molecule has 14 heavy (non-hydrogen) atoms. The summed E-state index contributed by atoms with van der Waals surface area (Å²) >= 11 is 1.92. The number of carboxylic acid groups (broad SMARTS) is 1. The minimum absolute atomic E-state index is 0.0292. The first kappa shape index (κ1) is 10.3. The largest absolute Gasteiger partial charge is 0.481 e. The molecular formula is C11H18O2S. The molecule has 1 saturated carbocycles. The van der Waals surface area contributed by atoms with Crippen LogP contribution in [0.4, 0.5) is 0 Å². The lowest BCUT2D eigenvalue weighted by Crippen LogP contribution is -2.33. The molecule has 2 rings (SSSR count). The molecule has 0 bridgehead atoms. The summed E-state index contributed by atoms with van der Waals surface area (Å²) in [5.74, 6) is 2.12. The maximum Gasteiger partial charge on any atom is 0.310 e. The Bertz CT molecular complexity index is 256. The monoisotopic (exact) mass is 214 g/mol. The van der Waals surface area contributed by atoms with Gasteiger partial charge in [-0.2, -0.15) is 11.8 Å². The summed E-state index contributed by atoms with van der Waals surface area (Å²) in [5, 5.41) is 9.38. The fourth-order valence-corrected chi connectivity index (χ4v) is 4.29. The van der Waals surface area contributed by atoms with E-state index in [-0.39, 0.29) is 10.8 Å². The zero-order chi connectivity index (χ0) is 10.4. The zero-order valence-electron chi connectivity index (χ0n) is 8.88. The standard InChI is InChI=1S/C11H18O2S/c1-10(2)7-11(10,9(12)13)8-4-3-5-14-6-8/h8H,3-7H2,1-2H3,(H,12,13). The summed E-state index contributed by atoms with van der Waals surface area (Å²) in [6.45, 7) is 4.20. The van der Waals surface area contributed by atoms with E-state index in [1.54, 1.807) is 0 Å². The summed E-state index contributed by atoms with van der Waals surface area (Å²) < 4.78 is 0. The molecule has 0 aromatic rings. The average molecular weight is 214 g/mol. The average Bonchev–Trinajstić information content (AvgIpc) is 2.72. The highest BCUT2D eigenvalue weighted by Gasteiger charge is 2.69. The molecule has 1 saturated heterocycles. The molecule has 3 heteroatoms. The third-order valence-electron chi connectivity index (χ3n) is 4.04. The Kier molecular flexibility index (Phi) is 2.33. The van der Waals surface area contributed by atoms with Gasteiger partial charge in [0.1, 0.15) is 0 Å². The van der Waals surface area contributed by atoms with E-state index in [4.69, 9.17) is 0 Å². The highest BCUT2D eigenvalue weighted by molar-refractivity contribution is 7.99. The number of hydrogen-bond acceptors (Lipinski definition) is 2. The van der Waals surface area contributed by atoms with Crippen molar-refractivity contribution >= 4 is 17.7 Å². The van der Waals surface area contributed by atoms with Crippen LogP contribution in [-0.2, 0) is 4.79 Å². The number of aliphatic carboxylic acids is 1. The minimum atomic E-state index is -0.560. The van der Waals surface area contributed by atoms with Crippen LogP contribution in [0.2, 0.25) is 0 Å². The molecule has 2 aliphatic rings. The molecule has 1 heterocycles. The van der Waals surface area contributed by atoms with Crippen molar-refractivity contribution in [3.8, 4) is 0 Å². The van der Waals surface area contributed by atoms with Crippen LogP contribution in [0.25, 0.3) is 0 Å². The van der Waals surface area contributed by atoms with Crippen molar-refractivity contribution in [1.82, 2.24) is 0 Å². The predicted molar refractivity (Wildman–Crippen MR) is 58.5 cm³/mol. The highest BCUT2D eigenvalue weighted by atomic mass is 32.2. The van der Waals surface area contributed by atoms with Crippen LogP contribution < -0.4 is 0 Å². The van der Waals surface area contributed by atoms with E-state index in [1.807, 2.05) is 11.8 Å². The smallest absolute Gasteiger partial charge is 0.310 e. The molecule has 80 valence electrons. The van der Waals surface area contributed by atoms with E-state index in [1.165, 1.54) is 12.2 Å². The summed E-state index contributed by atoms with van der Waals surface area (Å²) in [6.07, 6.45) is 3.18.